The van der Waals surface area contributed by atoms with Gasteiger partial charge in [0.05, 0.1) is 11.4 Å². The molecule has 0 fully saturated rings. The molecule has 2 aromatic heterocycles. The zero-order valence-corrected chi connectivity index (χ0v) is 16.2. The van der Waals surface area contributed by atoms with Gasteiger partial charge < -0.3 is 5.32 Å². The van der Waals surface area contributed by atoms with Crippen LogP contribution in [0.25, 0.3) is 0 Å². The third kappa shape index (κ3) is 4.04. The Kier molecular flexibility index (Phi) is 5.16. The van der Waals surface area contributed by atoms with Gasteiger partial charge in [0.15, 0.2) is 0 Å². The van der Waals surface area contributed by atoms with Crippen LogP contribution in [0.2, 0.25) is 0 Å². The highest BCUT2D eigenvalue weighted by Crippen LogP contribution is 2.19. The van der Waals surface area contributed by atoms with Crippen LogP contribution >= 0.6 is 0 Å². The maximum absolute atomic E-state index is 4.75. The predicted molar refractivity (Wildman–Crippen MR) is 98.7 cm³/mol. The fourth-order valence-electron chi connectivity index (χ4n) is 2.86. The van der Waals surface area contributed by atoms with Crippen molar-refractivity contribution in [1.82, 2.24) is 24.9 Å². The van der Waals surface area contributed by atoms with E-state index < -0.39 is 0 Å². The molecule has 0 aliphatic rings. The first-order valence-corrected chi connectivity index (χ1v) is 8.50. The molecule has 0 aliphatic heterocycles. The molecule has 24 heavy (non-hydrogen) atoms. The second-order valence-corrected chi connectivity index (χ2v) is 7.35. The van der Waals surface area contributed by atoms with Gasteiger partial charge in [-0.25, -0.2) is 9.36 Å². The molecule has 0 atom stereocenters. The largest absolute Gasteiger partial charge is 0.366 e. The predicted octanol–water partition coefficient (Wildman–Crippen LogP) is 3.17. The monoisotopic (exact) mass is 330 g/mol. The molecule has 0 aliphatic carbocycles. The lowest BCUT2D eigenvalue weighted by atomic mass is 10.1. The lowest BCUT2D eigenvalue weighted by Crippen LogP contribution is -2.47. The van der Waals surface area contributed by atoms with Crippen LogP contribution in [0.4, 0.5) is 0 Å². The zero-order chi connectivity index (χ0) is 18.1. The molecule has 6 nitrogen and oxygen atoms in total. The van der Waals surface area contributed by atoms with Crippen LogP contribution in [0.15, 0.2) is 17.1 Å². The standard InChI is InChI=1S/C18H30N6/c1-9-19-16(20-18(6,7)8)17(23-14(4)10-12(2)21-23)24-15(5)11-13(3)22-24/h10-11,17H,9H2,1-8H3,(H,19,20). The number of hydrogen-bond acceptors (Lipinski definition) is 3. The molecule has 0 amide bonds. The molecule has 0 radical (unpaired) electrons. The highest BCUT2D eigenvalue weighted by Gasteiger charge is 2.27. The smallest absolute Gasteiger partial charge is 0.200 e. The first-order chi connectivity index (χ1) is 11.1. The van der Waals surface area contributed by atoms with Crippen LogP contribution in [0.3, 0.4) is 0 Å². The first-order valence-electron chi connectivity index (χ1n) is 8.50. The highest BCUT2D eigenvalue weighted by molar-refractivity contribution is 5.86. The highest BCUT2D eigenvalue weighted by atomic mass is 15.5. The lowest BCUT2D eigenvalue weighted by Gasteiger charge is -2.30. The Labute approximate surface area is 145 Å². The summed E-state index contributed by atoms with van der Waals surface area (Å²) in [4.78, 5) is 4.75. The van der Waals surface area contributed by atoms with E-state index in [0.717, 1.165) is 28.6 Å². The number of nitrogens with zero attached hydrogens (tertiary/aromatic N) is 5. The average molecular weight is 330 g/mol. The van der Waals surface area contributed by atoms with E-state index in [1.807, 2.05) is 30.1 Å². The van der Waals surface area contributed by atoms with E-state index in [2.05, 4.69) is 52.1 Å². The van der Waals surface area contributed by atoms with Gasteiger partial charge in [-0.05, 0) is 67.5 Å². The van der Waals surface area contributed by atoms with Crippen molar-refractivity contribution in [1.29, 1.82) is 0 Å². The van der Waals surface area contributed by atoms with Crippen molar-refractivity contribution in [2.75, 3.05) is 6.54 Å². The summed E-state index contributed by atoms with van der Waals surface area (Å²) >= 11 is 0. The van der Waals surface area contributed by atoms with Gasteiger partial charge in [0.1, 0.15) is 5.84 Å². The lowest BCUT2D eigenvalue weighted by molar-refractivity contribution is 0.406. The van der Waals surface area contributed by atoms with Gasteiger partial charge in [0.25, 0.3) is 0 Å². The summed E-state index contributed by atoms with van der Waals surface area (Å²) in [5, 5.41) is 13.0. The van der Waals surface area contributed by atoms with E-state index in [0.29, 0.717) is 6.54 Å². The van der Waals surface area contributed by atoms with E-state index in [1.54, 1.807) is 0 Å². The van der Waals surface area contributed by atoms with E-state index >= 15 is 0 Å². The summed E-state index contributed by atoms with van der Waals surface area (Å²) < 4.78 is 4.00. The Balaban J connectivity index is 2.63. The number of nitrogens with one attached hydrogen (secondary N) is 1. The molecule has 0 spiro atoms. The van der Waals surface area contributed by atoms with Crippen molar-refractivity contribution >= 4 is 5.84 Å². The summed E-state index contributed by atoms with van der Waals surface area (Å²) in [7, 11) is 0. The minimum absolute atomic E-state index is 0.0988. The third-order valence-corrected chi connectivity index (χ3v) is 3.63. The van der Waals surface area contributed by atoms with Crippen molar-refractivity contribution in [2.45, 2.75) is 67.1 Å². The summed E-state index contributed by atoms with van der Waals surface area (Å²) in [6, 6.07) is 4.17. The van der Waals surface area contributed by atoms with Gasteiger partial charge >= 0.3 is 0 Å². The Morgan fingerprint density at radius 2 is 1.50 bits per heavy atom. The Bertz CT molecular complexity index is 683. The second-order valence-electron chi connectivity index (χ2n) is 7.35. The maximum atomic E-state index is 4.75. The van der Waals surface area contributed by atoms with Gasteiger partial charge in [-0.3, -0.25) is 4.99 Å². The third-order valence-electron chi connectivity index (χ3n) is 3.63. The Morgan fingerprint density at radius 3 is 1.79 bits per heavy atom. The number of aliphatic imine (C=N–C) groups is 1. The van der Waals surface area contributed by atoms with Gasteiger partial charge in [-0.2, -0.15) is 10.2 Å². The number of rotatable bonds is 4. The Hall–Kier alpha value is -2.11. The number of amidine groups is 1. The summed E-state index contributed by atoms with van der Waals surface area (Å²) in [5.74, 6) is 0.877. The fraction of sp³-hybridized carbons (Fsp3) is 0.611. The van der Waals surface area contributed by atoms with Gasteiger partial charge in [-0.15, -0.1) is 0 Å². The topological polar surface area (TPSA) is 60.0 Å². The summed E-state index contributed by atoms with van der Waals surface area (Å²) in [6.07, 6.45) is -0.216. The first kappa shape index (κ1) is 18.2. The van der Waals surface area contributed by atoms with Crippen molar-refractivity contribution in [3.8, 4) is 0 Å². The number of hydrogen-bond donors (Lipinski definition) is 1. The molecule has 0 saturated heterocycles. The van der Waals surface area contributed by atoms with Crippen molar-refractivity contribution in [2.24, 2.45) is 4.99 Å². The molecule has 6 heteroatoms. The molecule has 0 unspecified atom stereocenters. The van der Waals surface area contributed by atoms with Crippen molar-refractivity contribution < 1.29 is 0 Å². The van der Waals surface area contributed by atoms with E-state index in [4.69, 9.17) is 15.2 Å². The molecule has 2 heterocycles. The Morgan fingerprint density at radius 1 is 1.04 bits per heavy atom. The summed E-state index contributed by atoms with van der Waals surface area (Å²) in [5.41, 5.74) is 4.06. The maximum Gasteiger partial charge on any atom is 0.200 e. The number of aromatic nitrogens is 4. The quantitative estimate of drug-likeness (QED) is 0.692. The van der Waals surface area contributed by atoms with Crippen LogP contribution in [0, 0.1) is 27.7 Å². The molecule has 2 rings (SSSR count). The average Bonchev–Trinajstić information content (AvgIpc) is 2.91. The van der Waals surface area contributed by atoms with Crippen LogP contribution in [0.1, 0.15) is 56.6 Å². The SMILES string of the molecule is CCN=C(NC(C)(C)C)C(n1nc(C)cc1C)n1nc(C)cc1C. The minimum Gasteiger partial charge on any atom is -0.366 e. The molecule has 0 bridgehead atoms. The van der Waals surface area contributed by atoms with Crippen LogP contribution in [-0.4, -0.2) is 37.5 Å². The van der Waals surface area contributed by atoms with E-state index in [9.17, 15) is 0 Å². The molecular weight excluding hydrogens is 300 g/mol. The van der Waals surface area contributed by atoms with Crippen LogP contribution < -0.4 is 5.32 Å². The molecular formula is C18H30N6. The summed E-state index contributed by atoms with van der Waals surface area (Å²) in [6.45, 7) is 17.3. The van der Waals surface area contributed by atoms with Gasteiger partial charge in [0.2, 0.25) is 6.17 Å². The van der Waals surface area contributed by atoms with E-state index in [-0.39, 0.29) is 11.7 Å². The molecule has 1 N–H and O–H groups in total. The van der Waals surface area contributed by atoms with E-state index in [1.165, 1.54) is 0 Å². The van der Waals surface area contributed by atoms with Crippen molar-refractivity contribution in [3.05, 3.63) is 34.9 Å². The molecule has 0 saturated carbocycles. The van der Waals surface area contributed by atoms with Gasteiger partial charge in [-0.1, -0.05) is 0 Å². The fourth-order valence-corrected chi connectivity index (χ4v) is 2.86. The van der Waals surface area contributed by atoms with Gasteiger partial charge in [0, 0.05) is 23.5 Å². The number of aryl methyl sites for hydroxylation is 4. The van der Waals surface area contributed by atoms with Crippen molar-refractivity contribution in [3.63, 3.8) is 0 Å². The molecule has 2 aromatic rings. The normalized spacial score (nSPS) is 13.0. The van der Waals surface area contributed by atoms with Crippen LogP contribution in [0.5, 0.6) is 0 Å². The molecule has 132 valence electrons. The molecule has 0 aromatic carbocycles. The second kappa shape index (κ2) is 6.79. The zero-order valence-electron chi connectivity index (χ0n) is 16.2. The minimum atomic E-state index is -0.216. The van der Waals surface area contributed by atoms with Crippen LogP contribution in [-0.2, 0) is 0 Å².